The highest BCUT2D eigenvalue weighted by Crippen LogP contribution is 2.26. The van der Waals surface area contributed by atoms with E-state index in [2.05, 4.69) is 39.1 Å². The van der Waals surface area contributed by atoms with Gasteiger partial charge in [0.15, 0.2) is 5.96 Å². The molecule has 0 saturated carbocycles. The lowest BCUT2D eigenvalue weighted by Crippen LogP contribution is -2.46. The third-order valence-corrected chi connectivity index (χ3v) is 4.79. The number of ether oxygens (including phenoxy) is 1. The number of piperidine rings is 1. The third kappa shape index (κ3) is 7.58. The summed E-state index contributed by atoms with van der Waals surface area (Å²) in [6.45, 7) is 10.1. The van der Waals surface area contributed by atoms with Gasteiger partial charge < -0.3 is 20.3 Å². The van der Waals surface area contributed by atoms with Crippen LogP contribution in [0.4, 0.5) is 13.2 Å². The number of halogens is 3. The second-order valence-electron chi connectivity index (χ2n) is 7.33. The van der Waals surface area contributed by atoms with Crippen LogP contribution in [-0.2, 0) is 6.54 Å². The number of rotatable bonds is 7. The second kappa shape index (κ2) is 10.5. The summed E-state index contributed by atoms with van der Waals surface area (Å²) in [5, 5.41) is 6.49. The molecule has 0 radical (unpaired) electrons. The molecule has 0 amide bonds. The maximum absolute atomic E-state index is 12.6. The van der Waals surface area contributed by atoms with Crippen LogP contribution in [-0.4, -0.2) is 49.4 Å². The Balaban J connectivity index is 1.97. The van der Waals surface area contributed by atoms with E-state index in [0.717, 1.165) is 26.1 Å². The molecular formula is C20H31F3N4O. The number of aliphatic imine (C=N–C) groups is 1. The highest BCUT2D eigenvalue weighted by molar-refractivity contribution is 5.79. The van der Waals surface area contributed by atoms with Crippen molar-refractivity contribution in [2.45, 2.75) is 52.6 Å². The van der Waals surface area contributed by atoms with Gasteiger partial charge in [-0.25, -0.2) is 4.99 Å². The minimum Gasteiger partial charge on any atom is -0.405 e. The number of alkyl halides is 3. The fraction of sp³-hybridized carbons (Fsp3) is 0.650. The van der Waals surface area contributed by atoms with Crippen molar-refractivity contribution in [1.29, 1.82) is 0 Å². The zero-order valence-electron chi connectivity index (χ0n) is 16.9. The highest BCUT2D eigenvalue weighted by Gasteiger charge is 2.32. The SMILES string of the molecule is CCNC(=NCc1ccccc1OC(F)(F)F)NCC1CCCN(C(C)C)C1. The lowest BCUT2D eigenvalue weighted by atomic mass is 9.97. The first-order chi connectivity index (χ1) is 13.3. The van der Waals surface area contributed by atoms with Gasteiger partial charge in [-0.05, 0) is 52.1 Å². The Morgan fingerprint density at radius 3 is 2.71 bits per heavy atom. The van der Waals surface area contributed by atoms with Crippen LogP contribution in [0.5, 0.6) is 5.75 Å². The Morgan fingerprint density at radius 2 is 2.04 bits per heavy atom. The van der Waals surface area contributed by atoms with Crippen molar-refractivity contribution in [2.75, 3.05) is 26.2 Å². The third-order valence-electron chi connectivity index (χ3n) is 4.79. The largest absolute Gasteiger partial charge is 0.573 e. The Labute approximate surface area is 165 Å². The summed E-state index contributed by atoms with van der Waals surface area (Å²) in [4.78, 5) is 6.92. The number of nitrogens with one attached hydrogen (secondary N) is 2. The van der Waals surface area contributed by atoms with Crippen LogP contribution in [0.25, 0.3) is 0 Å². The molecule has 0 aromatic heterocycles. The summed E-state index contributed by atoms with van der Waals surface area (Å²) in [6.07, 6.45) is -2.37. The quantitative estimate of drug-likeness (QED) is 0.541. The minimum absolute atomic E-state index is 0.102. The number of guanidine groups is 1. The van der Waals surface area contributed by atoms with E-state index >= 15 is 0 Å². The van der Waals surface area contributed by atoms with E-state index in [1.807, 2.05) is 6.92 Å². The summed E-state index contributed by atoms with van der Waals surface area (Å²) in [6, 6.07) is 6.63. The van der Waals surface area contributed by atoms with E-state index < -0.39 is 6.36 Å². The molecule has 1 saturated heterocycles. The minimum atomic E-state index is -4.72. The van der Waals surface area contributed by atoms with Crippen LogP contribution in [0.3, 0.4) is 0 Å². The van der Waals surface area contributed by atoms with Gasteiger partial charge in [0.2, 0.25) is 0 Å². The molecule has 1 fully saturated rings. The number of para-hydroxylation sites is 1. The number of benzene rings is 1. The zero-order chi connectivity index (χ0) is 20.6. The molecule has 28 heavy (non-hydrogen) atoms. The molecule has 0 bridgehead atoms. The fourth-order valence-corrected chi connectivity index (χ4v) is 3.34. The van der Waals surface area contributed by atoms with Gasteiger partial charge in [0.05, 0.1) is 6.54 Å². The monoisotopic (exact) mass is 400 g/mol. The maximum Gasteiger partial charge on any atom is 0.573 e. The topological polar surface area (TPSA) is 48.9 Å². The van der Waals surface area contributed by atoms with Gasteiger partial charge in [0.1, 0.15) is 5.75 Å². The van der Waals surface area contributed by atoms with Crippen LogP contribution in [0.15, 0.2) is 29.3 Å². The van der Waals surface area contributed by atoms with Crippen molar-refractivity contribution in [2.24, 2.45) is 10.9 Å². The highest BCUT2D eigenvalue weighted by atomic mass is 19.4. The zero-order valence-corrected chi connectivity index (χ0v) is 16.9. The molecule has 1 aromatic carbocycles. The Bertz CT molecular complexity index is 634. The summed E-state index contributed by atoms with van der Waals surface area (Å²) in [5.41, 5.74) is 0.390. The van der Waals surface area contributed by atoms with Crippen molar-refractivity contribution in [3.8, 4) is 5.75 Å². The number of hydrogen-bond donors (Lipinski definition) is 2. The van der Waals surface area contributed by atoms with Crippen molar-refractivity contribution >= 4 is 5.96 Å². The van der Waals surface area contributed by atoms with Crippen LogP contribution in [0.1, 0.15) is 39.2 Å². The van der Waals surface area contributed by atoms with Crippen molar-refractivity contribution in [3.05, 3.63) is 29.8 Å². The molecule has 1 aromatic rings. The van der Waals surface area contributed by atoms with E-state index in [9.17, 15) is 13.2 Å². The van der Waals surface area contributed by atoms with Crippen molar-refractivity contribution in [3.63, 3.8) is 0 Å². The second-order valence-corrected chi connectivity index (χ2v) is 7.33. The normalized spacial score (nSPS) is 19.0. The molecule has 0 spiro atoms. The number of hydrogen-bond acceptors (Lipinski definition) is 3. The maximum atomic E-state index is 12.6. The Hall–Kier alpha value is -1.96. The van der Waals surface area contributed by atoms with Crippen LogP contribution >= 0.6 is 0 Å². The summed E-state index contributed by atoms with van der Waals surface area (Å²) in [5.74, 6) is 0.918. The van der Waals surface area contributed by atoms with Gasteiger partial charge in [0.25, 0.3) is 0 Å². The van der Waals surface area contributed by atoms with Crippen LogP contribution < -0.4 is 15.4 Å². The number of likely N-dealkylation sites (tertiary alicyclic amines) is 1. The first-order valence-corrected chi connectivity index (χ1v) is 9.88. The molecule has 8 heteroatoms. The van der Waals surface area contributed by atoms with Gasteiger partial charge >= 0.3 is 6.36 Å². The first-order valence-electron chi connectivity index (χ1n) is 9.88. The Kier molecular flexibility index (Phi) is 8.41. The van der Waals surface area contributed by atoms with Crippen LogP contribution in [0.2, 0.25) is 0 Å². The molecule has 1 aliphatic rings. The molecule has 2 rings (SSSR count). The predicted molar refractivity (Wildman–Crippen MR) is 105 cm³/mol. The molecule has 1 heterocycles. The molecule has 2 N–H and O–H groups in total. The summed E-state index contributed by atoms with van der Waals surface area (Å²) >= 11 is 0. The predicted octanol–water partition coefficient (Wildman–Crippen LogP) is 3.76. The molecule has 0 aliphatic carbocycles. The van der Waals surface area contributed by atoms with Gasteiger partial charge in [0, 0.05) is 31.2 Å². The number of nitrogens with zero attached hydrogens (tertiary/aromatic N) is 2. The standard InChI is InChI=1S/C20H31F3N4O/c1-4-24-19(25-12-16-8-7-11-27(14-16)15(2)3)26-13-17-9-5-6-10-18(17)28-20(21,22)23/h5-6,9-10,15-16H,4,7-8,11-14H2,1-3H3,(H2,24,25,26). The Morgan fingerprint density at radius 1 is 1.29 bits per heavy atom. The van der Waals surface area contributed by atoms with Gasteiger partial charge in [-0.15, -0.1) is 13.2 Å². The lowest BCUT2D eigenvalue weighted by Gasteiger charge is -2.35. The van der Waals surface area contributed by atoms with E-state index in [4.69, 9.17) is 0 Å². The molecule has 5 nitrogen and oxygen atoms in total. The molecule has 1 aliphatic heterocycles. The fourth-order valence-electron chi connectivity index (χ4n) is 3.34. The van der Waals surface area contributed by atoms with Crippen molar-refractivity contribution < 1.29 is 17.9 Å². The van der Waals surface area contributed by atoms with Crippen molar-refractivity contribution in [1.82, 2.24) is 15.5 Å². The summed E-state index contributed by atoms with van der Waals surface area (Å²) < 4.78 is 41.8. The van der Waals surface area contributed by atoms with E-state index in [1.165, 1.54) is 18.6 Å². The van der Waals surface area contributed by atoms with E-state index in [0.29, 0.717) is 30.0 Å². The molecular weight excluding hydrogens is 369 g/mol. The average Bonchev–Trinajstić information content (AvgIpc) is 2.64. The van der Waals surface area contributed by atoms with E-state index in [-0.39, 0.29) is 12.3 Å². The smallest absolute Gasteiger partial charge is 0.405 e. The van der Waals surface area contributed by atoms with Gasteiger partial charge in [-0.3, -0.25) is 0 Å². The summed E-state index contributed by atoms with van der Waals surface area (Å²) in [7, 11) is 0. The van der Waals surface area contributed by atoms with Gasteiger partial charge in [-0.1, -0.05) is 18.2 Å². The molecule has 1 atom stereocenters. The molecule has 158 valence electrons. The lowest BCUT2D eigenvalue weighted by molar-refractivity contribution is -0.274. The van der Waals surface area contributed by atoms with Gasteiger partial charge in [-0.2, -0.15) is 0 Å². The van der Waals surface area contributed by atoms with Crippen LogP contribution in [0, 0.1) is 5.92 Å². The molecule has 1 unspecified atom stereocenters. The first kappa shape index (κ1) is 22.3. The average molecular weight is 400 g/mol. The van der Waals surface area contributed by atoms with E-state index in [1.54, 1.807) is 12.1 Å².